The highest BCUT2D eigenvalue weighted by atomic mass is 19.1. The molecule has 2 saturated heterocycles. The number of amides is 4. The second-order valence-electron chi connectivity index (χ2n) is 9.00. The van der Waals surface area contributed by atoms with Crippen LogP contribution in [0.1, 0.15) is 19.4 Å². The molecule has 0 aliphatic carbocycles. The van der Waals surface area contributed by atoms with Gasteiger partial charge in [0.25, 0.3) is 0 Å². The highest BCUT2D eigenvalue weighted by molar-refractivity contribution is 6.20. The maximum absolute atomic E-state index is 16.1. The molecule has 178 valence electrons. The van der Waals surface area contributed by atoms with E-state index in [-0.39, 0.29) is 41.5 Å². The number of nitrogens with zero attached hydrogens (tertiary/aromatic N) is 7. The summed E-state index contributed by atoms with van der Waals surface area (Å²) >= 11 is 0. The topological polar surface area (TPSA) is 162 Å². The minimum atomic E-state index is -1.79. The second-order valence-corrected chi connectivity index (χ2v) is 9.00. The molecule has 0 unspecified atom stereocenters. The van der Waals surface area contributed by atoms with Gasteiger partial charge in [-0.1, -0.05) is 5.16 Å². The summed E-state index contributed by atoms with van der Waals surface area (Å²) in [5, 5.41) is 22.4. The third-order valence-corrected chi connectivity index (χ3v) is 7.18. The molecule has 0 radical (unpaired) electrons. The summed E-state index contributed by atoms with van der Waals surface area (Å²) in [5.41, 5.74) is -1.37. The third kappa shape index (κ3) is 2.60. The highest BCUT2D eigenvalue weighted by Crippen LogP contribution is 2.49. The standard InChI is InChI=1S/C21H18FN9O4/c1-9-5-29-14-11(3-12-15(13(14)22)35-28-17(12)31-8-24-7-25-31)4-21(16(29)10(2)30(9)6-23)18(32)26-20(34)27-19(21)33/h3,7-10,16H,4-5H2,1-2H3,(H2,26,27,32,33,34)/t9-,10+,16-/m1/s1. The summed E-state index contributed by atoms with van der Waals surface area (Å²) in [4.78, 5) is 45.6. The zero-order valence-corrected chi connectivity index (χ0v) is 18.5. The molecule has 3 aliphatic rings. The maximum atomic E-state index is 16.1. The molecule has 2 N–H and O–H groups in total. The lowest BCUT2D eigenvalue weighted by molar-refractivity contribution is -0.148. The highest BCUT2D eigenvalue weighted by Gasteiger charge is 2.64. The molecule has 35 heavy (non-hydrogen) atoms. The van der Waals surface area contributed by atoms with Crippen LogP contribution in [0.15, 0.2) is 23.2 Å². The van der Waals surface area contributed by atoms with Gasteiger partial charge >= 0.3 is 6.03 Å². The SMILES string of the molecule is C[C@@H]1CN2c3c(cc4c(-n5cncn5)noc4c3F)CC3(C(=O)NC(=O)NC3=O)[C@H]2[C@H](C)N1C#N. The number of carbonyl (C=O) groups excluding carboxylic acids is 3. The number of benzene rings is 1. The van der Waals surface area contributed by atoms with Gasteiger partial charge in [0.15, 0.2) is 17.4 Å². The van der Waals surface area contributed by atoms with E-state index >= 15 is 4.39 Å². The number of rotatable bonds is 1. The Labute approximate surface area is 196 Å². The number of halogens is 1. The number of nitriles is 1. The van der Waals surface area contributed by atoms with Crippen LogP contribution in [0.3, 0.4) is 0 Å². The van der Waals surface area contributed by atoms with Crippen molar-refractivity contribution in [1.82, 2.24) is 35.5 Å². The van der Waals surface area contributed by atoms with E-state index in [9.17, 15) is 19.6 Å². The molecular formula is C21H18FN9O4. The smallest absolute Gasteiger partial charge is 0.328 e. The lowest BCUT2D eigenvalue weighted by atomic mass is 9.65. The maximum Gasteiger partial charge on any atom is 0.328 e. The number of urea groups is 1. The number of anilines is 1. The molecule has 3 aliphatic heterocycles. The fourth-order valence-electron chi connectivity index (χ4n) is 5.79. The summed E-state index contributed by atoms with van der Waals surface area (Å²) in [6.45, 7) is 3.65. The molecule has 2 aromatic heterocycles. The molecule has 5 heterocycles. The number of hydrogen-bond donors (Lipinski definition) is 2. The fourth-order valence-corrected chi connectivity index (χ4v) is 5.79. The number of carbonyl (C=O) groups is 3. The Hall–Kier alpha value is -4.54. The number of imide groups is 2. The van der Waals surface area contributed by atoms with E-state index in [1.165, 1.54) is 22.2 Å². The molecule has 0 saturated carbocycles. The van der Waals surface area contributed by atoms with Gasteiger partial charge in [-0.2, -0.15) is 15.0 Å². The number of piperazine rings is 1. The largest absolute Gasteiger partial charge is 0.360 e. The Kier molecular flexibility index (Phi) is 4.19. The van der Waals surface area contributed by atoms with Crippen molar-refractivity contribution in [2.45, 2.75) is 38.4 Å². The van der Waals surface area contributed by atoms with Crippen molar-refractivity contribution >= 4 is 34.5 Å². The molecule has 13 nitrogen and oxygen atoms in total. The molecule has 2 fully saturated rings. The van der Waals surface area contributed by atoms with Crippen molar-refractivity contribution in [2.24, 2.45) is 5.41 Å². The number of fused-ring (bicyclic) bond motifs is 5. The van der Waals surface area contributed by atoms with Gasteiger partial charge in [0, 0.05) is 13.0 Å². The van der Waals surface area contributed by atoms with Crippen LogP contribution >= 0.6 is 0 Å². The normalized spacial score (nSPS) is 25.2. The molecule has 6 rings (SSSR count). The lowest BCUT2D eigenvalue weighted by Crippen LogP contribution is -2.77. The molecular weight excluding hydrogens is 461 g/mol. The summed E-state index contributed by atoms with van der Waals surface area (Å²) in [7, 11) is 0. The van der Waals surface area contributed by atoms with Crippen molar-refractivity contribution in [3.8, 4) is 12.0 Å². The summed E-state index contributed by atoms with van der Waals surface area (Å²) in [6.07, 6.45) is 4.59. The van der Waals surface area contributed by atoms with Gasteiger partial charge < -0.3 is 14.3 Å². The minimum absolute atomic E-state index is 0.111. The van der Waals surface area contributed by atoms with E-state index in [0.717, 1.165) is 0 Å². The fraction of sp³-hybridized carbons (Fsp3) is 0.381. The van der Waals surface area contributed by atoms with Crippen LogP contribution in [0.5, 0.6) is 0 Å². The van der Waals surface area contributed by atoms with Crippen LogP contribution in [0.25, 0.3) is 16.8 Å². The monoisotopic (exact) mass is 479 g/mol. The summed E-state index contributed by atoms with van der Waals surface area (Å²) in [5.74, 6) is -2.10. The Morgan fingerprint density at radius 1 is 1.26 bits per heavy atom. The Balaban J connectivity index is 1.62. The van der Waals surface area contributed by atoms with E-state index in [1.807, 2.05) is 0 Å². The first kappa shape index (κ1) is 21.0. The zero-order chi connectivity index (χ0) is 24.6. The Morgan fingerprint density at radius 3 is 2.66 bits per heavy atom. The van der Waals surface area contributed by atoms with Gasteiger partial charge in [0.05, 0.1) is 29.2 Å². The molecule has 0 bridgehead atoms. The number of nitrogens with one attached hydrogen (secondary N) is 2. The summed E-state index contributed by atoms with van der Waals surface area (Å²) in [6, 6.07) is -1.25. The number of barbiturate groups is 1. The van der Waals surface area contributed by atoms with Gasteiger partial charge in [-0.05, 0) is 25.5 Å². The van der Waals surface area contributed by atoms with Crippen molar-refractivity contribution < 1.29 is 23.3 Å². The first-order chi connectivity index (χ1) is 16.8. The first-order valence-corrected chi connectivity index (χ1v) is 10.8. The summed E-state index contributed by atoms with van der Waals surface area (Å²) < 4.78 is 22.7. The van der Waals surface area contributed by atoms with Crippen LogP contribution in [0, 0.1) is 22.7 Å². The zero-order valence-electron chi connectivity index (χ0n) is 18.5. The van der Waals surface area contributed by atoms with Crippen LogP contribution in [-0.4, -0.2) is 67.3 Å². The van der Waals surface area contributed by atoms with E-state index in [0.29, 0.717) is 5.56 Å². The van der Waals surface area contributed by atoms with E-state index in [2.05, 4.69) is 32.1 Å². The second kappa shape index (κ2) is 6.98. The van der Waals surface area contributed by atoms with Gasteiger partial charge in [0.2, 0.25) is 23.2 Å². The molecule has 1 aromatic carbocycles. The molecule has 1 spiro atoms. The minimum Gasteiger partial charge on any atom is -0.360 e. The molecule has 3 aromatic rings. The Morgan fingerprint density at radius 2 is 2.00 bits per heavy atom. The van der Waals surface area contributed by atoms with Crippen molar-refractivity contribution in [2.75, 3.05) is 11.4 Å². The predicted molar refractivity (Wildman–Crippen MR) is 114 cm³/mol. The molecule has 3 atom stereocenters. The van der Waals surface area contributed by atoms with Gasteiger partial charge in [0.1, 0.15) is 12.7 Å². The van der Waals surface area contributed by atoms with Crippen LogP contribution in [0.4, 0.5) is 14.9 Å². The first-order valence-electron chi connectivity index (χ1n) is 10.8. The van der Waals surface area contributed by atoms with Gasteiger partial charge in [-0.3, -0.25) is 20.2 Å². The van der Waals surface area contributed by atoms with Crippen LogP contribution in [-0.2, 0) is 16.0 Å². The third-order valence-electron chi connectivity index (χ3n) is 7.18. The van der Waals surface area contributed by atoms with Gasteiger partial charge in [-0.25, -0.2) is 14.2 Å². The lowest BCUT2D eigenvalue weighted by Gasteiger charge is -2.57. The van der Waals surface area contributed by atoms with Crippen molar-refractivity contribution in [3.63, 3.8) is 0 Å². The van der Waals surface area contributed by atoms with Gasteiger partial charge in [-0.15, -0.1) is 0 Å². The van der Waals surface area contributed by atoms with Crippen LogP contribution < -0.4 is 15.5 Å². The number of hydrogen-bond acceptors (Lipinski definition) is 10. The van der Waals surface area contributed by atoms with E-state index in [1.54, 1.807) is 24.8 Å². The number of aromatic nitrogens is 4. The van der Waals surface area contributed by atoms with Crippen molar-refractivity contribution in [1.29, 1.82) is 5.26 Å². The van der Waals surface area contributed by atoms with Crippen molar-refractivity contribution in [3.05, 3.63) is 30.1 Å². The quantitative estimate of drug-likeness (QED) is 0.364. The van der Waals surface area contributed by atoms with E-state index in [4.69, 9.17) is 4.52 Å². The predicted octanol–water partition coefficient (Wildman–Crippen LogP) is 0.205. The average Bonchev–Trinajstić information content (AvgIpc) is 3.47. The average molecular weight is 479 g/mol. The Bertz CT molecular complexity index is 1440. The van der Waals surface area contributed by atoms with Crippen LogP contribution in [0.2, 0.25) is 0 Å². The molecule has 14 heteroatoms. The van der Waals surface area contributed by atoms with E-state index < -0.39 is 41.2 Å². The molecule has 4 amide bonds.